The highest BCUT2D eigenvalue weighted by Crippen LogP contribution is 2.24. The van der Waals surface area contributed by atoms with Crippen molar-refractivity contribution < 1.29 is 4.42 Å². The standard InChI is InChI=1S/C11H17N3O/c1-8-7-13-11(15-8)9(2)14-6-4-3-5-10(14)12/h7,9,12H,3-6H2,1-2H3. The average molecular weight is 207 g/mol. The number of nitrogens with one attached hydrogen (secondary N) is 1. The molecule has 82 valence electrons. The first-order chi connectivity index (χ1) is 7.18. The van der Waals surface area contributed by atoms with Gasteiger partial charge in [-0.25, -0.2) is 4.98 Å². The normalized spacial score (nSPS) is 19.3. The molecule has 1 fully saturated rings. The molecule has 0 aliphatic carbocycles. The van der Waals surface area contributed by atoms with Crippen LogP contribution < -0.4 is 0 Å². The van der Waals surface area contributed by atoms with Crippen molar-refractivity contribution in [3.8, 4) is 0 Å². The summed E-state index contributed by atoms with van der Waals surface area (Å²) in [7, 11) is 0. The summed E-state index contributed by atoms with van der Waals surface area (Å²) in [6, 6.07) is 0.0894. The highest BCUT2D eigenvalue weighted by Gasteiger charge is 2.24. The maximum absolute atomic E-state index is 7.89. The van der Waals surface area contributed by atoms with Gasteiger partial charge in [0.1, 0.15) is 11.8 Å². The smallest absolute Gasteiger partial charge is 0.216 e. The van der Waals surface area contributed by atoms with Crippen LogP contribution >= 0.6 is 0 Å². The molecule has 0 saturated carbocycles. The van der Waals surface area contributed by atoms with Gasteiger partial charge in [0.15, 0.2) is 0 Å². The quantitative estimate of drug-likeness (QED) is 0.810. The molecule has 1 aromatic heterocycles. The van der Waals surface area contributed by atoms with Crippen molar-refractivity contribution in [2.24, 2.45) is 0 Å². The molecular weight excluding hydrogens is 190 g/mol. The second-order valence-corrected chi connectivity index (χ2v) is 4.08. The number of rotatable bonds is 2. The van der Waals surface area contributed by atoms with Crippen LogP contribution in [0.3, 0.4) is 0 Å². The van der Waals surface area contributed by atoms with Gasteiger partial charge in [0.25, 0.3) is 0 Å². The van der Waals surface area contributed by atoms with Crippen LogP contribution in [0.5, 0.6) is 0 Å². The Morgan fingerprint density at radius 2 is 2.33 bits per heavy atom. The fourth-order valence-corrected chi connectivity index (χ4v) is 1.98. The van der Waals surface area contributed by atoms with E-state index in [1.165, 1.54) is 0 Å². The van der Waals surface area contributed by atoms with Crippen molar-refractivity contribution in [1.29, 1.82) is 5.41 Å². The molecule has 1 aliphatic heterocycles. The number of likely N-dealkylation sites (tertiary alicyclic amines) is 1. The monoisotopic (exact) mass is 207 g/mol. The molecule has 1 saturated heterocycles. The summed E-state index contributed by atoms with van der Waals surface area (Å²) in [5.41, 5.74) is 0. The molecule has 1 aromatic rings. The molecule has 4 nitrogen and oxygen atoms in total. The van der Waals surface area contributed by atoms with Gasteiger partial charge in [-0.15, -0.1) is 0 Å². The number of hydrogen-bond acceptors (Lipinski definition) is 3. The number of amidine groups is 1. The Bertz CT molecular complexity index is 358. The fourth-order valence-electron chi connectivity index (χ4n) is 1.98. The summed E-state index contributed by atoms with van der Waals surface area (Å²) in [6.45, 7) is 4.89. The van der Waals surface area contributed by atoms with Crippen LogP contribution in [0.4, 0.5) is 0 Å². The molecular formula is C11H17N3O. The van der Waals surface area contributed by atoms with E-state index in [0.717, 1.165) is 37.5 Å². The van der Waals surface area contributed by atoms with Gasteiger partial charge < -0.3 is 9.32 Å². The molecule has 1 atom stereocenters. The Morgan fingerprint density at radius 3 is 2.93 bits per heavy atom. The zero-order valence-corrected chi connectivity index (χ0v) is 9.29. The Balaban J connectivity index is 2.12. The zero-order valence-electron chi connectivity index (χ0n) is 9.29. The highest BCUT2D eigenvalue weighted by atomic mass is 16.4. The van der Waals surface area contributed by atoms with Crippen LogP contribution in [0, 0.1) is 12.3 Å². The number of aryl methyl sites for hydroxylation is 1. The van der Waals surface area contributed by atoms with Crippen molar-refractivity contribution in [3.05, 3.63) is 17.8 Å². The van der Waals surface area contributed by atoms with Crippen molar-refractivity contribution in [3.63, 3.8) is 0 Å². The second kappa shape index (κ2) is 4.04. The van der Waals surface area contributed by atoms with Crippen LogP contribution in [0.1, 0.15) is 43.9 Å². The van der Waals surface area contributed by atoms with Gasteiger partial charge >= 0.3 is 0 Å². The van der Waals surface area contributed by atoms with E-state index < -0.39 is 0 Å². The van der Waals surface area contributed by atoms with Crippen LogP contribution in [0.25, 0.3) is 0 Å². The molecule has 1 N–H and O–H groups in total. The topological polar surface area (TPSA) is 53.1 Å². The van der Waals surface area contributed by atoms with Crippen LogP contribution in [-0.4, -0.2) is 22.3 Å². The zero-order chi connectivity index (χ0) is 10.8. The molecule has 1 unspecified atom stereocenters. The van der Waals surface area contributed by atoms with E-state index in [1.807, 2.05) is 13.8 Å². The van der Waals surface area contributed by atoms with Gasteiger partial charge in [0.05, 0.1) is 12.0 Å². The van der Waals surface area contributed by atoms with Crippen LogP contribution in [-0.2, 0) is 0 Å². The van der Waals surface area contributed by atoms with Gasteiger partial charge in [0, 0.05) is 13.0 Å². The van der Waals surface area contributed by atoms with E-state index in [-0.39, 0.29) is 6.04 Å². The highest BCUT2D eigenvalue weighted by molar-refractivity contribution is 5.80. The first-order valence-electron chi connectivity index (χ1n) is 5.45. The first-order valence-corrected chi connectivity index (χ1v) is 5.45. The molecule has 0 amide bonds. The van der Waals surface area contributed by atoms with Crippen molar-refractivity contribution >= 4 is 5.84 Å². The van der Waals surface area contributed by atoms with E-state index in [9.17, 15) is 0 Å². The van der Waals surface area contributed by atoms with Crippen molar-refractivity contribution in [1.82, 2.24) is 9.88 Å². The Kier molecular flexibility index (Phi) is 2.75. The summed E-state index contributed by atoms with van der Waals surface area (Å²) in [5, 5.41) is 7.89. The van der Waals surface area contributed by atoms with Crippen molar-refractivity contribution in [2.45, 2.75) is 39.2 Å². The Morgan fingerprint density at radius 1 is 1.53 bits per heavy atom. The molecule has 0 bridgehead atoms. The Labute approximate surface area is 89.8 Å². The third kappa shape index (κ3) is 2.03. The van der Waals surface area contributed by atoms with E-state index >= 15 is 0 Å². The van der Waals surface area contributed by atoms with Gasteiger partial charge in [-0.1, -0.05) is 0 Å². The second-order valence-electron chi connectivity index (χ2n) is 4.08. The number of hydrogen-bond donors (Lipinski definition) is 1. The molecule has 4 heteroatoms. The lowest BCUT2D eigenvalue weighted by molar-refractivity contribution is 0.255. The lowest BCUT2D eigenvalue weighted by Crippen LogP contribution is -2.36. The summed E-state index contributed by atoms with van der Waals surface area (Å²) < 4.78 is 5.50. The summed E-state index contributed by atoms with van der Waals surface area (Å²) in [4.78, 5) is 6.30. The van der Waals surface area contributed by atoms with E-state index in [4.69, 9.17) is 9.83 Å². The Hall–Kier alpha value is -1.32. The predicted molar refractivity (Wildman–Crippen MR) is 57.9 cm³/mol. The fraction of sp³-hybridized carbons (Fsp3) is 0.636. The number of nitrogens with zero attached hydrogens (tertiary/aromatic N) is 2. The largest absolute Gasteiger partial charge is 0.444 e. The molecule has 0 radical (unpaired) electrons. The molecule has 15 heavy (non-hydrogen) atoms. The van der Waals surface area contributed by atoms with E-state index in [1.54, 1.807) is 6.20 Å². The molecule has 0 spiro atoms. The summed E-state index contributed by atoms with van der Waals surface area (Å²) in [6.07, 6.45) is 4.91. The van der Waals surface area contributed by atoms with Crippen LogP contribution in [0.2, 0.25) is 0 Å². The predicted octanol–water partition coefficient (Wildman–Crippen LogP) is 2.51. The molecule has 2 heterocycles. The number of oxazole rings is 1. The third-order valence-corrected chi connectivity index (χ3v) is 2.87. The first kappa shape index (κ1) is 10.2. The minimum Gasteiger partial charge on any atom is -0.444 e. The van der Waals surface area contributed by atoms with E-state index in [0.29, 0.717) is 5.84 Å². The summed E-state index contributed by atoms with van der Waals surface area (Å²) in [5.74, 6) is 2.27. The molecule has 2 rings (SSSR count). The van der Waals surface area contributed by atoms with Gasteiger partial charge in [-0.2, -0.15) is 0 Å². The minimum absolute atomic E-state index is 0.0894. The van der Waals surface area contributed by atoms with Crippen LogP contribution in [0.15, 0.2) is 10.6 Å². The SMILES string of the molecule is Cc1cnc(C(C)N2CCCCC2=N)o1. The lowest BCUT2D eigenvalue weighted by atomic mass is 10.1. The lowest BCUT2D eigenvalue weighted by Gasteiger charge is -2.33. The van der Waals surface area contributed by atoms with Crippen molar-refractivity contribution in [2.75, 3.05) is 6.54 Å². The molecule has 0 aromatic carbocycles. The van der Waals surface area contributed by atoms with E-state index in [2.05, 4.69) is 9.88 Å². The van der Waals surface area contributed by atoms with Gasteiger partial charge in [-0.05, 0) is 26.7 Å². The maximum atomic E-state index is 7.89. The third-order valence-electron chi connectivity index (χ3n) is 2.87. The van der Waals surface area contributed by atoms with Gasteiger partial charge in [0.2, 0.25) is 5.89 Å². The minimum atomic E-state index is 0.0894. The molecule has 1 aliphatic rings. The maximum Gasteiger partial charge on any atom is 0.216 e. The number of piperidine rings is 1. The number of aromatic nitrogens is 1. The van der Waals surface area contributed by atoms with Gasteiger partial charge in [-0.3, -0.25) is 5.41 Å². The summed E-state index contributed by atoms with van der Waals surface area (Å²) >= 11 is 0. The average Bonchev–Trinajstić information content (AvgIpc) is 2.65.